The highest BCUT2D eigenvalue weighted by atomic mass is 32.2. The first-order valence-corrected chi connectivity index (χ1v) is 8.48. The first kappa shape index (κ1) is 18.1. The van der Waals surface area contributed by atoms with Crippen LogP contribution in [-0.2, 0) is 10.0 Å². The van der Waals surface area contributed by atoms with E-state index in [1.165, 1.54) is 16.4 Å². The van der Waals surface area contributed by atoms with Crippen LogP contribution in [0.5, 0.6) is 0 Å². The summed E-state index contributed by atoms with van der Waals surface area (Å²) in [5.74, 6) is -0.409. The Labute approximate surface area is 127 Å². The van der Waals surface area contributed by atoms with Gasteiger partial charge >= 0.3 is 0 Å². The second-order valence-electron chi connectivity index (χ2n) is 5.69. The minimum absolute atomic E-state index is 0.154. The molecule has 4 nitrogen and oxygen atoms in total. The Morgan fingerprint density at radius 3 is 2.05 bits per heavy atom. The fourth-order valence-corrected chi connectivity index (χ4v) is 4.81. The van der Waals surface area contributed by atoms with Crippen molar-refractivity contribution in [3.8, 4) is 0 Å². The molecule has 0 heterocycles. The van der Waals surface area contributed by atoms with Crippen LogP contribution in [-0.4, -0.2) is 50.8 Å². The fourth-order valence-electron chi connectivity index (χ4n) is 2.76. The molecule has 0 aromatic heterocycles. The summed E-state index contributed by atoms with van der Waals surface area (Å²) in [5, 5.41) is 0. The second kappa shape index (κ2) is 6.85. The van der Waals surface area contributed by atoms with Crippen LogP contribution in [0, 0.1) is 19.7 Å². The monoisotopic (exact) mass is 316 g/mol. The Morgan fingerprint density at radius 1 is 1.19 bits per heavy atom. The van der Waals surface area contributed by atoms with Gasteiger partial charge in [0, 0.05) is 19.1 Å². The lowest BCUT2D eigenvalue weighted by molar-refractivity contribution is 0.271. The van der Waals surface area contributed by atoms with Gasteiger partial charge in [0.15, 0.2) is 0 Å². The van der Waals surface area contributed by atoms with Gasteiger partial charge in [-0.3, -0.25) is 0 Å². The normalized spacial score (nSPS) is 14.0. The quantitative estimate of drug-likeness (QED) is 0.809. The number of rotatable bonds is 6. The van der Waals surface area contributed by atoms with Crippen molar-refractivity contribution in [2.24, 2.45) is 0 Å². The van der Waals surface area contributed by atoms with E-state index in [9.17, 15) is 12.8 Å². The highest BCUT2D eigenvalue weighted by molar-refractivity contribution is 7.89. The van der Waals surface area contributed by atoms with Gasteiger partial charge in [-0.2, -0.15) is 4.31 Å². The summed E-state index contributed by atoms with van der Waals surface area (Å²) >= 11 is 0. The van der Waals surface area contributed by atoms with Gasteiger partial charge in [0.1, 0.15) is 5.82 Å². The highest BCUT2D eigenvalue weighted by Gasteiger charge is 2.30. The van der Waals surface area contributed by atoms with Crippen molar-refractivity contribution >= 4 is 10.0 Å². The predicted molar refractivity (Wildman–Crippen MR) is 83.5 cm³/mol. The molecule has 120 valence electrons. The van der Waals surface area contributed by atoms with E-state index in [1.807, 2.05) is 32.8 Å². The molecule has 0 aliphatic carbocycles. The number of hydrogen-bond donors (Lipinski definition) is 0. The standard InChI is InChI=1S/C15H25FN2O2S/c1-7-18(13(4)10-17(5)6)21(19,20)15-11(2)8-14(16)9-12(15)3/h8-9,13H,7,10H2,1-6H3. The molecule has 6 heteroatoms. The van der Waals surface area contributed by atoms with Gasteiger partial charge in [0.05, 0.1) is 4.90 Å². The SMILES string of the molecule is CCN(C(C)CN(C)C)S(=O)(=O)c1c(C)cc(F)cc1C. The summed E-state index contributed by atoms with van der Waals surface area (Å²) in [6.45, 7) is 7.98. The molecule has 1 aromatic rings. The van der Waals surface area contributed by atoms with Crippen molar-refractivity contribution in [2.45, 2.75) is 38.6 Å². The molecule has 1 rings (SSSR count). The van der Waals surface area contributed by atoms with Gasteiger partial charge in [0.25, 0.3) is 0 Å². The molecular formula is C15H25FN2O2S. The van der Waals surface area contributed by atoms with E-state index >= 15 is 0 Å². The third-order valence-electron chi connectivity index (χ3n) is 3.42. The van der Waals surface area contributed by atoms with Crippen LogP contribution in [0.1, 0.15) is 25.0 Å². The van der Waals surface area contributed by atoms with Crippen LogP contribution >= 0.6 is 0 Å². The van der Waals surface area contributed by atoms with Crippen LogP contribution in [0.3, 0.4) is 0 Å². The van der Waals surface area contributed by atoms with Crippen LogP contribution in [0.4, 0.5) is 4.39 Å². The topological polar surface area (TPSA) is 40.6 Å². The van der Waals surface area contributed by atoms with Gasteiger partial charge in [0.2, 0.25) is 10.0 Å². The third kappa shape index (κ3) is 4.02. The van der Waals surface area contributed by atoms with E-state index in [0.717, 1.165) is 0 Å². The number of nitrogens with zero attached hydrogens (tertiary/aromatic N) is 2. The molecule has 1 atom stereocenters. The smallest absolute Gasteiger partial charge is 0.243 e. The summed E-state index contributed by atoms with van der Waals surface area (Å²) in [6.07, 6.45) is 0. The van der Waals surface area contributed by atoms with Gasteiger partial charge in [-0.15, -0.1) is 0 Å². The minimum atomic E-state index is -3.63. The Hall–Kier alpha value is -0.980. The summed E-state index contributed by atoms with van der Waals surface area (Å²) in [6, 6.07) is 2.38. The summed E-state index contributed by atoms with van der Waals surface area (Å²) in [4.78, 5) is 2.17. The number of likely N-dealkylation sites (N-methyl/N-ethyl adjacent to an activating group) is 2. The molecule has 0 saturated carbocycles. The summed E-state index contributed by atoms with van der Waals surface area (Å²) in [7, 11) is 0.182. The van der Waals surface area contributed by atoms with Crippen LogP contribution < -0.4 is 0 Å². The van der Waals surface area contributed by atoms with E-state index in [0.29, 0.717) is 24.2 Å². The number of sulfonamides is 1. The maximum Gasteiger partial charge on any atom is 0.243 e. The number of benzene rings is 1. The zero-order chi connectivity index (χ0) is 16.4. The lowest BCUT2D eigenvalue weighted by Crippen LogP contribution is -2.44. The zero-order valence-electron chi connectivity index (χ0n) is 13.6. The molecule has 1 aromatic carbocycles. The molecule has 0 aliphatic rings. The van der Waals surface area contributed by atoms with Gasteiger partial charge in [-0.25, -0.2) is 12.8 Å². The van der Waals surface area contributed by atoms with E-state index in [1.54, 1.807) is 13.8 Å². The van der Waals surface area contributed by atoms with Crippen molar-refractivity contribution in [1.82, 2.24) is 9.21 Å². The minimum Gasteiger partial charge on any atom is -0.308 e. The van der Waals surface area contributed by atoms with Crippen LogP contribution in [0.15, 0.2) is 17.0 Å². The predicted octanol–water partition coefficient (Wildman–Crippen LogP) is 2.40. The maximum atomic E-state index is 13.4. The molecule has 0 bridgehead atoms. The molecule has 0 saturated heterocycles. The average Bonchev–Trinajstić information content (AvgIpc) is 2.25. The molecule has 21 heavy (non-hydrogen) atoms. The van der Waals surface area contributed by atoms with E-state index in [-0.39, 0.29) is 10.9 Å². The lowest BCUT2D eigenvalue weighted by atomic mass is 10.1. The number of hydrogen-bond acceptors (Lipinski definition) is 3. The molecule has 0 aliphatic heterocycles. The Bertz CT molecular complexity index is 577. The van der Waals surface area contributed by atoms with Crippen molar-refractivity contribution in [3.63, 3.8) is 0 Å². The van der Waals surface area contributed by atoms with Crippen molar-refractivity contribution < 1.29 is 12.8 Å². The first-order chi connectivity index (χ1) is 9.61. The first-order valence-electron chi connectivity index (χ1n) is 7.04. The van der Waals surface area contributed by atoms with E-state index in [2.05, 4.69) is 0 Å². The van der Waals surface area contributed by atoms with E-state index < -0.39 is 15.8 Å². The number of halogens is 1. The summed E-state index contributed by atoms with van der Waals surface area (Å²) in [5.41, 5.74) is 0.894. The van der Waals surface area contributed by atoms with Crippen LogP contribution in [0.2, 0.25) is 0 Å². The molecule has 0 spiro atoms. The Balaban J connectivity index is 3.32. The van der Waals surface area contributed by atoms with E-state index in [4.69, 9.17) is 0 Å². The van der Waals surface area contributed by atoms with Crippen molar-refractivity contribution in [3.05, 3.63) is 29.1 Å². The van der Waals surface area contributed by atoms with Crippen LogP contribution in [0.25, 0.3) is 0 Å². The maximum absolute atomic E-state index is 13.4. The fraction of sp³-hybridized carbons (Fsp3) is 0.600. The Morgan fingerprint density at radius 2 is 1.67 bits per heavy atom. The lowest BCUT2D eigenvalue weighted by Gasteiger charge is -2.30. The highest BCUT2D eigenvalue weighted by Crippen LogP contribution is 2.26. The number of aryl methyl sites for hydroxylation is 2. The van der Waals surface area contributed by atoms with Gasteiger partial charge < -0.3 is 4.90 Å². The van der Waals surface area contributed by atoms with Gasteiger partial charge in [-0.1, -0.05) is 6.92 Å². The third-order valence-corrected chi connectivity index (χ3v) is 5.82. The molecule has 1 unspecified atom stereocenters. The summed E-state index contributed by atoms with van der Waals surface area (Å²) < 4.78 is 40.7. The molecule has 0 amide bonds. The van der Waals surface area contributed by atoms with Crippen molar-refractivity contribution in [1.29, 1.82) is 0 Å². The largest absolute Gasteiger partial charge is 0.308 e. The molecule has 0 N–H and O–H groups in total. The van der Waals surface area contributed by atoms with Gasteiger partial charge in [-0.05, 0) is 58.1 Å². The molecule has 0 radical (unpaired) electrons. The molecule has 0 fully saturated rings. The second-order valence-corrected chi connectivity index (χ2v) is 7.52. The Kier molecular flexibility index (Phi) is 5.90. The van der Waals surface area contributed by atoms with Crippen molar-refractivity contribution in [2.75, 3.05) is 27.2 Å². The average molecular weight is 316 g/mol. The zero-order valence-corrected chi connectivity index (χ0v) is 14.5. The molecular weight excluding hydrogens is 291 g/mol.